The van der Waals surface area contributed by atoms with Gasteiger partial charge in [-0.05, 0) is 108 Å². The number of Topliss-reactive ketones (excluding diaryl/α,β-unsaturated/α-hetero) is 3. The molecule has 404 valence electrons. The van der Waals surface area contributed by atoms with Crippen LogP contribution < -0.4 is 5.73 Å². The van der Waals surface area contributed by atoms with Gasteiger partial charge in [-0.3, -0.25) is 34.9 Å². The average Bonchev–Trinajstić information content (AvgIpc) is 3.33. The smallest absolute Gasteiger partial charge is 0.329 e. The van der Waals surface area contributed by atoms with Gasteiger partial charge in [0.2, 0.25) is 11.7 Å². The number of hydrogen-bond acceptors (Lipinski definition) is 14. The van der Waals surface area contributed by atoms with E-state index in [4.69, 9.17) is 35.5 Å². The minimum atomic E-state index is -2.58. The van der Waals surface area contributed by atoms with Crippen molar-refractivity contribution in [1.29, 1.82) is 10.8 Å². The molecule has 4 rings (SSSR count). The first-order valence-electron chi connectivity index (χ1n) is 25.9. The Labute approximate surface area is 427 Å². The molecule has 72 heavy (non-hydrogen) atoms. The highest BCUT2D eigenvalue weighted by molar-refractivity contribution is 6.39. The van der Waals surface area contributed by atoms with Crippen LogP contribution in [0, 0.1) is 46.3 Å². The molecule has 7 N–H and O–H groups in total. The van der Waals surface area contributed by atoms with E-state index < -0.39 is 89.8 Å². The minimum Gasteiger partial charge on any atom is -0.460 e. The van der Waals surface area contributed by atoms with Crippen molar-refractivity contribution in [2.45, 2.75) is 180 Å². The monoisotopic (exact) mass is 1010 g/mol. The van der Waals surface area contributed by atoms with Gasteiger partial charge in [0.15, 0.2) is 11.7 Å². The van der Waals surface area contributed by atoms with Gasteiger partial charge in [-0.15, -0.1) is 0 Å². The van der Waals surface area contributed by atoms with E-state index in [1.54, 1.807) is 61.1 Å². The number of aliphatic hydroxyl groups is 3. The second-order valence-electron chi connectivity index (χ2n) is 21.4. The van der Waals surface area contributed by atoms with E-state index in [1.165, 1.54) is 16.9 Å². The van der Waals surface area contributed by atoms with E-state index in [-0.39, 0.29) is 73.6 Å². The van der Waals surface area contributed by atoms with Crippen molar-refractivity contribution in [1.82, 2.24) is 14.7 Å². The summed E-state index contributed by atoms with van der Waals surface area (Å²) in [6.45, 7) is 12.4. The largest absolute Gasteiger partial charge is 0.460 e. The number of hydrogen-bond donors (Lipinski definition) is 6. The van der Waals surface area contributed by atoms with Gasteiger partial charge < -0.3 is 49.8 Å². The molecule has 1 amide bonds. The Morgan fingerprint density at radius 3 is 2.25 bits per heavy atom. The highest BCUT2D eigenvalue weighted by atomic mass is 16.6. The summed E-state index contributed by atoms with van der Waals surface area (Å²) >= 11 is 0. The van der Waals surface area contributed by atoms with E-state index in [0.717, 1.165) is 4.90 Å². The van der Waals surface area contributed by atoms with E-state index in [0.29, 0.717) is 62.5 Å². The molecule has 0 aromatic rings. The number of aliphatic hydroxyl groups excluding tert-OH is 2. The zero-order valence-electron chi connectivity index (χ0n) is 44.7. The molecule has 3 fully saturated rings. The van der Waals surface area contributed by atoms with Crippen molar-refractivity contribution in [3.63, 3.8) is 0 Å². The summed E-state index contributed by atoms with van der Waals surface area (Å²) < 4.78 is 23.7. The van der Waals surface area contributed by atoms with E-state index in [9.17, 15) is 39.3 Å². The predicted molar refractivity (Wildman–Crippen MR) is 273 cm³/mol. The molecule has 1 aliphatic carbocycles. The Kier molecular flexibility index (Phi) is 22.6. The van der Waals surface area contributed by atoms with Crippen molar-refractivity contribution >= 4 is 41.1 Å². The third-order valence-corrected chi connectivity index (χ3v) is 15.4. The number of piperidine rings is 1. The fraction of sp³-hybridized carbons (Fsp3) is 0.722. The van der Waals surface area contributed by atoms with Crippen LogP contribution in [0.15, 0.2) is 47.6 Å². The molecular weight excluding hydrogens is 925 g/mol. The normalized spacial score (nSPS) is 37.4. The van der Waals surface area contributed by atoms with Crippen LogP contribution in [0.4, 0.5) is 0 Å². The first-order valence-corrected chi connectivity index (χ1v) is 25.9. The van der Waals surface area contributed by atoms with Crippen molar-refractivity contribution in [2.24, 2.45) is 41.2 Å². The lowest BCUT2D eigenvalue weighted by molar-refractivity contribution is -0.264. The van der Waals surface area contributed by atoms with Crippen molar-refractivity contribution < 1.29 is 58.2 Å². The minimum absolute atomic E-state index is 0.0290. The molecular formula is C54H86N6O12. The number of amides is 1. The summed E-state index contributed by atoms with van der Waals surface area (Å²) in [5.41, 5.74) is 7.18. The molecule has 0 aromatic carbocycles. The summed E-state index contributed by atoms with van der Waals surface area (Å²) in [6, 6.07) is -1.97. The van der Waals surface area contributed by atoms with Gasteiger partial charge in [-0.1, -0.05) is 76.6 Å². The molecule has 1 unspecified atom stereocenters. The SMILES string of the molecule is CO[C@@H]1C[C@@H](CC(C)[C@@H]2CC(=O)[C@H](C)/C=C(\C)[C@@H](O)[C@@H](OC)C(=O)[C@H](C)C[C@H](C)/C=C/C=C/C=C(/C)[C@@H](N(C(=N)N)C(=N)N(C)C)C[C@@H]3CC[C@@H](C)[C@@](O)(O3)C(=O)C(=O)N3CCCC[C@H]3C(=O)O2)CC[C@H]1O. The van der Waals surface area contributed by atoms with Crippen molar-refractivity contribution in [3.8, 4) is 0 Å². The molecule has 3 aliphatic heterocycles. The standard InChI is InChI=1S/C54H86N6O12/c1-31-17-13-12-14-18-32(2)41(60(52(55)56)53(57)58(8)9)29-39-22-20-37(7)54(68,72-39)49(65)50(66)59-24-16-15-19-40(59)51(67)71-44(34(4)27-38-21-23-42(61)45(28-38)69-10)30-43(62)33(3)26-36(6)47(64)48(70-11)46(63)35(5)25-31/h12-14,17-18,26,31,33-35,37-42,44-45,47-48,57,61,64,68H,15-16,19-25,27-30H2,1-11H3,(H3,55,56)/b14-12+,17-13+,32-18-,36-26+,57-53?/t31-,33-,34?,35-,37-,38-,39+,40+,41+,42-,44+,45-,47-,48+,54-/m1/s1. The zero-order chi connectivity index (χ0) is 53.8. The zero-order valence-corrected chi connectivity index (χ0v) is 44.7. The number of carbonyl (C=O) groups excluding carboxylic acids is 5. The predicted octanol–water partition coefficient (Wildman–Crippen LogP) is 5.23. The third-order valence-electron chi connectivity index (χ3n) is 15.4. The summed E-state index contributed by atoms with van der Waals surface area (Å²) in [5, 5.41) is 51.7. The van der Waals surface area contributed by atoms with Crippen LogP contribution in [0.5, 0.6) is 0 Å². The Morgan fingerprint density at radius 1 is 0.917 bits per heavy atom. The lowest BCUT2D eigenvalue weighted by Crippen LogP contribution is -2.61. The fourth-order valence-electron chi connectivity index (χ4n) is 10.8. The van der Waals surface area contributed by atoms with Crippen LogP contribution in [0.3, 0.4) is 0 Å². The number of esters is 1. The molecule has 15 atom stereocenters. The number of ketones is 3. The highest BCUT2D eigenvalue weighted by Crippen LogP contribution is 2.38. The number of ether oxygens (including phenoxy) is 4. The molecule has 18 heteroatoms. The second kappa shape index (κ2) is 27.1. The summed E-state index contributed by atoms with van der Waals surface area (Å²) in [5.74, 6) is -9.23. The van der Waals surface area contributed by atoms with Crippen molar-refractivity contribution in [2.75, 3.05) is 34.9 Å². The molecule has 0 radical (unpaired) electrons. The number of cyclic esters (lactones) is 1. The lowest BCUT2D eigenvalue weighted by atomic mass is 9.78. The first kappa shape index (κ1) is 60.0. The van der Waals surface area contributed by atoms with Gasteiger partial charge in [0.05, 0.1) is 24.4 Å². The summed E-state index contributed by atoms with van der Waals surface area (Å²) in [6.07, 6.45) is 9.95. The lowest BCUT2D eigenvalue weighted by Gasteiger charge is -2.44. The molecule has 4 aliphatic rings. The topological polar surface area (TPSA) is 266 Å². The number of carbonyl (C=O) groups is 5. The Hall–Kier alpha value is -4.59. The van der Waals surface area contributed by atoms with Crippen LogP contribution in [0.2, 0.25) is 0 Å². The number of rotatable bonds is 6. The second-order valence-corrected chi connectivity index (χ2v) is 21.4. The maximum Gasteiger partial charge on any atom is 0.329 e. The van der Waals surface area contributed by atoms with Crippen LogP contribution in [-0.2, 0) is 42.9 Å². The molecule has 3 heterocycles. The number of nitrogens with one attached hydrogen (secondary N) is 2. The van der Waals surface area contributed by atoms with Gasteiger partial charge in [-0.2, -0.15) is 0 Å². The van der Waals surface area contributed by atoms with Gasteiger partial charge in [-0.25, -0.2) is 4.79 Å². The molecule has 1 saturated carbocycles. The number of methoxy groups -OCH3 is 2. The number of fused-ring (bicyclic) bond motifs is 3. The van der Waals surface area contributed by atoms with Crippen molar-refractivity contribution in [3.05, 3.63) is 47.6 Å². The number of nitrogens with zero attached hydrogens (tertiary/aromatic N) is 3. The Balaban J connectivity index is 1.78. The van der Waals surface area contributed by atoms with Gasteiger partial charge >= 0.3 is 5.97 Å². The third kappa shape index (κ3) is 15.2. The van der Waals surface area contributed by atoms with E-state index in [2.05, 4.69) is 0 Å². The maximum atomic E-state index is 14.5. The summed E-state index contributed by atoms with van der Waals surface area (Å²) in [7, 11) is 6.21. The molecule has 2 saturated heterocycles. The maximum absolute atomic E-state index is 14.5. The quantitative estimate of drug-likeness (QED) is 0.0655. The first-order chi connectivity index (χ1) is 33.9. The molecule has 0 spiro atoms. The fourth-order valence-corrected chi connectivity index (χ4v) is 10.8. The Bertz CT molecular complexity index is 2060. The summed E-state index contributed by atoms with van der Waals surface area (Å²) in [4.78, 5) is 75.5. The van der Waals surface area contributed by atoms with Crippen LogP contribution >= 0.6 is 0 Å². The van der Waals surface area contributed by atoms with E-state index in [1.807, 2.05) is 45.1 Å². The van der Waals surface area contributed by atoms with Crippen LogP contribution in [0.1, 0.15) is 126 Å². The van der Waals surface area contributed by atoms with Crippen LogP contribution in [-0.4, -0.2) is 161 Å². The van der Waals surface area contributed by atoms with Gasteiger partial charge in [0.1, 0.15) is 30.1 Å². The van der Waals surface area contributed by atoms with E-state index >= 15 is 0 Å². The molecule has 18 nitrogen and oxygen atoms in total. The number of allylic oxidation sites excluding steroid dienone is 6. The number of guanidine groups is 2. The van der Waals surface area contributed by atoms with Gasteiger partial charge in [0.25, 0.3) is 11.7 Å². The Morgan fingerprint density at radius 2 is 1.61 bits per heavy atom. The number of nitrogens with two attached hydrogens (primary N) is 1. The average molecular weight is 1010 g/mol. The molecule has 0 aromatic heterocycles. The van der Waals surface area contributed by atoms with Gasteiger partial charge in [0, 0.05) is 59.0 Å². The molecule has 2 bridgehead atoms. The highest BCUT2D eigenvalue weighted by Gasteiger charge is 2.53. The van der Waals surface area contributed by atoms with Crippen LogP contribution in [0.25, 0.3) is 0 Å².